The van der Waals surface area contributed by atoms with Crippen LogP contribution in [0.25, 0.3) is 0 Å². The van der Waals surface area contributed by atoms with Crippen molar-refractivity contribution in [3.05, 3.63) is 84.0 Å². The summed E-state index contributed by atoms with van der Waals surface area (Å²) in [7, 11) is 0. The van der Waals surface area contributed by atoms with E-state index in [1.165, 1.54) is 0 Å². The normalized spacial score (nSPS) is 20.6. The Morgan fingerprint density at radius 3 is 2.50 bits per heavy atom. The topological polar surface area (TPSA) is 59.3 Å². The van der Waals surface area contributed by atoms with Gasteiger partial charge in [-0.3, -0.25) is 4.79 Å². The average molecular weight is 402 g/mol. The molecular formula is C26H27NO3. The van der Waals surface area contributed by atoms with Crippen molar-refractivity contribution in [2.75, 3.05) is 0 Å². The summed E-state index contributed by atoms with van der Waals surface area (Å²) < 4.78 is 11.5. The van der Waals surface area contributed by atoms with E-state index >= 15 is 0 Å². The van der Waals surface area contributed by atoms with Crippen molar-refractivity contribution < 1.29 is 14.3 Å². The number of carbonyl (C=O) groups excluding carboxylic acids is 1. The molecule has 3 rings (SSSR count). The molecule has 0 radical (unpaired) electrons. The van der Waals surface area contributed by atoms with Crippen LogP contribution in [0, 0.1) is 35.5 Å². The maximum atomic E-state index is 12.8. The lowest BCUT2D eigenvalue weighted by atomic mass is 10.1. The Morgan fingerprint density at radius 1 is 1.20 bits per heavy atom. The van der Waals surface area contributed by atoms with Gasteiger partial charge >= 0.3 is 5.97 Å². The maximum absolute atomic E-state index is 12.8. The highest BCUT2D eigenvalue weighted by molar-refractivity contribution is 5.78. The molecule has 1 aliphatic rings. The molecule has 0 heterocycles. The van der Waals surface area contributed by atoms with Crippen molar-refractivity contribution in [2.24, 2.45) is 17.3 Å². The van der Waals surface area contributed by atoms with Crippen molar-refractivity contribution in [1.82, 2.24) is 0 Å². The molecule has 0 N–H and O–H groups in total. The number of hydrogen-bond acceptors (Lipinski definition) is 4. The lowest BCUT2D eigenvalue weighted by molar-refractivity contribution is -0.149. The molecule has 0 bridgehead atoms. The second-order valence-corrected chi connectivity index (χ2v) is 8.38. The average Bonchev–Trinajstić information content (AvgIpc) is 3.25. The second-order valence-electron chi connectivity index (χ2n) is 8.38. The molecule has 0 amide bonds. The molecular weight excluding hydrogens is 374 g/mol. The summed E-state index contributed by atoms with van der Waals surface area (Å²) >= 11 is 0. The van der Waals surface area contributed by atoms with E-state index in [9.17, 15) is 10.1 Å². The van der Waals surface area contributed by atoms with Gasteiger partial charge in [-0.15, -0.1) is 0 Å². The minimum absolute atomic E-state index is 0.0818. The van der Waals surface area contributed by atoms with Crippen LogP contribution in [0.5, 0.6) is 11.5 Å². The second kappa shape index (κ2) is 8.59. The molecule has 3 atom stereocenters. The summed E-state index contributed by atoms with van der Waals surface area (Å²) in [5.74, 6) is 0.760. The van der Waals surface area contributed by atoms with Crippen LogP contribution >= 0.6 is 0 Å². The number of hydrogen-bond donors (Lipinski definition) is 0. The number of esters is 1. The van der Waals surface area contributed by atoms with Gasteiger partial charge in [0, 0.05) is 5.56 Å². The van der Waals surface area contributed by atoms with Gasteiger partial charge in [0.1, 0.15) is 17.6 Å². The Balaban J connectivity index is 1.73. The number of nitrogens with zero attached hydrogens (tertiary/aromatic N) is 1. The number of rotatable bonds is 7. The Kier molecular flexibility index (Phi) is 6.12. The van der Waals surface area contributed by atoms with E-state index in [0.717, 1.165) is 11.1 Å². The molecule has 2 aromatic rings. The van der Waals surface area contributed by atoms with E-state index < -0.39 is 6.10 Å². The highest BCUT2D eigenvalue weighted by atomic mass is 16.5. The Labute approximate surface area is 178 Å². The monoisotopic (exact) mass is 401 g/mol. The number of nitriles is 1. The summed E-state index contributed by atoms with van der Waals surface area (Å²) in [4.78, 5) is 12.8. The van der Waals surface area contributed by atoms with Gasteiger partial charge < -0.3 is 9.47 Å². The summed E-state index contributed by atoms with van der Waals surface area (Å²) in [6.07, 6.45) is 2.84. The molecule has 0 aromatic heterocycles. The van der Waals surface area contributed by atoms with Crippen molar-refractivity contribution in [3.63, 3.8) is 0 Å². The van der Waals surface area contributed by atoms with Gasteiger partial charge in [-0.05, 0) is 55.0 Å². The minimum atomic E-state index is -0.986. The van der Waals surface area contributed by atoms with Crippen LogP contribution in [-0.2, 0) is 9.53 Å². The third-order valence-electron chi connectivity index (χ3n) is 5.67. The SMILES string of the molecule is C=CC(C)=CC1C(C(=O)OC(C#N)c2cccc(Oc3cccc(C)c3)c2)C1(C)C. The molecule has 3 unspecified atom stereocenters. The molecule has 0 aliphatic heterocycles. The molecule has 4 nitrogen and oxygen atoms in total. The van der Waals surface area contributed by atoms with Gasteiger partial charge in [0.05, 0.1) is 5.92 Å². The lowest BCUT2D eigenvalue weighted by Gasteiger charge is -2.14. The molecule has 4 heteroatoms. The van der Waals surface area contributed by atoms with Crippen LogP contribution in [0.4, 0.5) is 0 Å². The number of ether oxygens (including phenoxy) is 2. The molecule has 1 aliphatic carbocycles. The van der Waals surface area contributed by atoms with Crippen LogP contribution in [-0.4, -0.2) is 5.97 Å². The lowest BCUT2D eigenvalue weighted by Crippen LogP contribution is -2.14. The minimum Gasteiger partial charge on any atom is -0.457 e. The third kappa shape index (κ3) is 4.63. The van der Waals surface area contributed by atoms with Crippen molar-refractivity contribution in [3.8, 4) is 17.6 Å². The molecule has 0 spiro atoms. The number of carbonyl (C=O) groups is 1. The summed E-state index contributed by atoms with van der Waals surface area (Å²) in [5.41, 5.74) is 2.51. The highest BCUT2D eigenvalue weighted by Crippen LogP contribution is 2.60. The summed E-state index contributed by atoms with van der Waals surface area (Å²) in [5, 5.41) is 9.63. The van der Waals surface area contributed by atoms with E-state index in [4.69, 9.17) is 9.47 Å². The molecule has 2 aromatic carbocycles. The number of allylic oxidation sites excluding steroid dienone is 3. The smallest absolute Gasteiger partial charge is 0.311 e. The number of aryl methyl sites for hydroxylation is 1. The fourth-order valence-corrected chi connectivity index (χ4v) is 3.70. The van der Waals surface area contributed by atoms with Crippen molar-refractivity contribution in [2.45, 2.75) is 33.8 Å². The maximum Gasteiger partial charge on any atom is 0.311 e. The van der Waals surface area contributed by atoms with Crippen molar-refractivity contribution in [1.29, 1.82) is 5.26 Å². The predicted octanol–water partition coefficient (Wildman–Crippen LogP) is 6.30. The zero-order valence-corrected chi connectivity index (χ0v) is 17.9. The highest BCUT2D eigenvalue weighted by Gasteiger charge is 2.61. The third-order valence-corrected chi connectivity index (χ3v) is 5.67. The van der Waals surface area contributed by atoms with Gasteiger partial charge in [-0.25, -0.2) is 0 Å². The standard InChI is InChI=1S/C26H27NO3/c1-6-17(2)14-22-24(26(22,4)5)25(28)30-23(16-27)19-10-8-12-21(15-19)29-20-11-7-9-18(3)13-20/h6-15,22-24H,1H2,2-5H3. The van der Waals surface area contributed by atoms with Gasteiger partial charge in [0.25, 0.3) is 0 Å². The molecule has 1 fully saturated rings. The van der Waals surface area contributed by atoms with E-state index in [2.05, 4.69) is 18.7 Å². The van der Waals surface area contributed by atoms with Crippen LogP contribution in [0.3, 0.4) is 0 Å². The van der Waals surface area contributed by atoms with Gasteiger partial charge in [-0.1, -0.05) is 62.4 Å². The summed E-state index contributed by atoms with van der Waals surface area (Å²) in [6, 6.07) is 16.9. The van der Waals surface area contributed by atoms with Gasteiger partial charge in [-0.2, -0.15) is 5.26 Å². The van der Waals surface area contributed by atoms with Crippen LogP contribution in [0.15, 0.2) is 72.8 Å². The first-order valence-corrected chi connectivity index (χ1v) is 10.0. The molecule has 1 saturated carbocycles. The zero-order valence-electron chi connectivity index (χ0n) is 17.9. The fourth-order valence-electron chi connectivity index (χ4n) is 3.70. The first-order valence-electron chi connectivity index (χ1n) is 10.0. The zero-order chi connectivity index (χ0) is 21.9. The van der Waals surface area contributed by atoms with E-state index in [1.807, 2.05) is 58.0 Å². The molecule has 0 saturated heterocycles. The fraction of sp³-hybridized carbons (Fsp3) is 0.308. The molecule has 30 heavy (non-hydrogen) atoms. The van der Waals surface area contributed by atoms with Crippen LogP contribution < -0.4 is 4.74 Å². The van der Waals surface area contributed by atoms with E-state index in [1.54, 1.807) is 24.3 Å². The quantitative estimate of drug-likeness (QED) is 0.403. The Hall–Kier alpha value is -3.32. The predicted molar refractivity (Wildman–Crippen MR) is 117 cm³/mol. The largest absolute Gasteiger partial charge is 0.457 e. The first-order chi connectivity index (χ1) is 14.3. The number of benzene rings is 2. The Morgan fingerprint density at radius 2 is 1.87 bits per heavy atom. The van der Waals surface area contributed by atoms with Crippen molar-refractivity contribution >= 4 is 5.97 Å². The van der Waals surface area contributed by atoms with Crippen LogP contribution in [0.2, 0.25) is 0 Å². The summed E-state index contributed by atoms with van der Waals surface area (Å²) in [6.45, 7) is 11.8. The van der Waals surface area contributed by atoms with E-state index in [0.29, 0.717) is 17.1 Å². The van der Waals surface area contributed by atoms with Crippen LogP contribution in [0.1, 0.15) is 38.0 Å². The molecule has 154 valence electrons. The van der Waals surface area contributed by atoms with Gasteiger partial charge in [0.2, 0.25) is 6.10 Å². The Bertz CT molecular complexity index is 1030. The first kappa shape index (κ1) is 21.4. The van der Waals surface area contributed by atoms with E-state index in [-0.39, 0.29) is 23.2 Å². The van der Waals surface area contributed by atoms with Gasteiger partial charge in [0.15, 0.2) is 0 Å².